The summed E-state index contributed by atoms with van der Waals surface area (Å²) < 4.78 is 14.7. The molecule has 9 nitrogen and oxygen atoms in total. The predicted molar refractivity (Wildman–Crippen MR) is 139 cm³/mol. The average molecular weight is 527 g/mol. The molecule has 37 heavy (non-hydrogen) atoms. The standard InChI is InChI=1S/C26H28ClFN6O3/c1-16-4-2-3-12-33(16)13-11-30-26(37)23-22(24(29)35)31-15-34(23)19-8-6-18(7-9-19)32-25(36)20-10-5-17(28)14-21(20)27/h5-10,14-16H,2-4,11-13H2,1H3,(H2,29,35)(H,30,37)(H,32,36)/t16-/m0/s1. The molecule has 3 amide bonds. The second kappa shape index (κ2) is 11.5. The van der Waals surface area contributed by atoms with Gasteiger partial charge in [-0.05, 0) is 68.8 Å². The fourth-order valence-electron chi connectivity index (χ4n) is 4.41. The van der Waals surface area contributed by atoms with Crippen LogP contribution in [0.1, 0.15) is 57.5 Å². The Bertz CT molecular complexity index is 1310. The second-order valence-corrected chi connectivity index (χ2v) is 9.35. The molecule has 1 aliphatic heterocycles. The Morgan fingerprint density at radius 1 is 1.14 bits per heavy atom. The van der Waals surface area contributed by atoms with Gasteiger partial charge < -0.3 is 16.4 Å². The Morgan fingerprint density at radius 3 is 2.57 bits per heavy atom. The molecule has 0 saturated carbocycles. The van der Waals surface area contributed by atoms with Gasteiger partial charge >= 0.3 is 0 Å². The summed E-state index contributed by atoms with van der Waals surface area (Å²) in [5.74, 6) is -2.31. The monoisotopic (exact) mass is 526 g/mol. The van der Waals surface area contributed by atoms with Crippen molar-refractivity contribution in [1.82, 2.24) is 19.8 Å². The number of piperidine rings is 1. The zero-order valence-electron chi connectivity index (χ0n) is 20.3. The number of likely N-dealkylation sites (tertiary alicyclic amines) is 1. The third kappa shape index (κ3) is 6.15. The summed E-state index contributed by atoms with van der Waals surface area (Å²) in [6, 6.07) is 10.5. The van der Waals surface area contributed by atoms with Crippen LogP contribution >= 0.6 is 11.6 Å². The first kappa shape index (κ1) is 26.3. The van der Waals surface area contributed by atoms with Crippen molar-refractivity contribution in [2.24, 2.45) is 5.73 Å². The molecule has 1 fully saturated rings. The highest BCUT2D eigenvalue weighted by atomic mass is 35.5. The molecule has 1 aliphatic rings. The van der Waals surface area contributed by atoms with Gasteiger partial charge in [-0.15, -0.1) is 0 Å². The van der Waals surface area contributed by atoms with Crippen LogP contribution in [0.5, 0.6) is 0 Å². The van der Waals surface area contributed by atoms with Gasteiger partial charge in [-0.3, -0.25) is 23.9 Å². The lowest BCUT2D eigenvalue weighted by atomic mass is 10.0. The fourth-order valence-corrected chi connectivity index (χ4v) is 4.66. The van der Waals surface area contributed by atoms with E-state index in [2.05, 4.69) is 27.4 Å². The number of rotatable bonds is 8. The molecule has 0 radical (unpaired) electrons. The molecule has 4 N–H and O–H groups in total. The first-order chi connectivity index (χ1) is 17.7. The Morgan fingerprint density at radius 2 is 1.89 bits per heavy atom. The minimum Gasteiger partial charge on any atom is -0.364 e. The van der Waals surface area contributed by atoms with Crippen LogP contribution in [0.25, 0.3) is 5.69 Å². The van der Waals surface area contributed by atoms with Crippen molar-refractivity contribution in [2.75, 3.05) is 25.0 Å². The predicted octanol–water partition coefficient (Wildman–Crippen LogP) is 3.62. The van der Waals surface area contributed by atoms with E-state index < -0.39 is 23.5 Å². The molecular formula is C26H28ClFN6O3. The fraction of sp³-hybridized carbons (Fsp3) is 0.308. The van der Waals surface area contributed by atoms with Gasteiger partial charge in [0.25, 0.3) is 17.7 Å². The van der Waals surface area contributed by atoms with E-state index in [9.17, 15) is 18.8 Å². The van der Waals surface area contributed by atoms with Crippen molar-refractivity contribution in [3.8, 4) is 5.69 Å². The van der Waals surface area contributed by atoms with Crippen molar-refractivity contribution in [3.05, 3.63) is 76.6 Å². The number of anilines is 1. The lowest BCUT2D eigenvalue weighted by Gasteiger charge is -2.33. The number of imidazole rings is 1. The second-order valence-electron chi connectivity index (χ2n) is 8.94. The highest BCUT2D eigenvalue weighted by Gasteiger charge is 2.24. The minimum atomic E-state index is -0.811. The maximum atomic E-state index is 13.3. The average Bonchev–Trinajstić information content (AvgIpc) is 3.31. The maximum Gasteiger partial charge on any atom is 0.270 e. The topological polar surface area (TPSA) is 122 Å². The van der Waals surface area contributed by atoms with E-state index in [0.717, 1.165) is 31.5 Å². The highest BCUT2D eigenvalue weighted by molar-refractivity contribution is 6.34. The molecule has 1 aromatic heterocycles. The first-order valence-electron chi connectivity index (χ1n) is 12.0. The van der Waals surface area contributed by atoms with Gasteiger partial charge in [-0.1, -0.05) is 18.0 Å². The van der Waals surface area contributed by atoms with Crippen LogP contribution in [0.3, 0.4) is 0 Å². The van der Waals surface area contributed by atoms with Crippen LogP contribution in [-0.2, 0) is 0 Å². The van der Waals surface area contributed by atoms with E-state index in [-0.39, 0.29) is 22.0 Å². The number of carbonyl (C=O) groups is 3. The number of nitrogens with two attached hydrogens (primary N) is 1. The first-order valence-corrected chi connectivity index (χ1v) is 12.4. The molecule has 0 aliphatic carbocycles. The summed E-state index contributed by atoms with van der Waals surface area (Å²) in [4.78, 5) is 44.0. The summed E-state index contributed by atoms with van der Waals surface area (Å²) in [6.07, 6.45) is 4.85. The lowest BCUT2D eigenvalue weighted by Crippen LogP contribution is -2.42. The Balaban J connectivity index is 1.48. The summed E-state index contributed by atoms with van der Waals surface area (Å²) in [5, 5.41) is 5.57. The maximum absolute atomic E-state index is 13.3. The molecule has 0 bridgehead atoms. The van der Waals surface area contributed by atoms with E-state index in [4.69, 9.17) is 17.3 Å². The van der Waals surface area contributed by atoms with Gasteiger partial charge in [0.05, 0.1) is 10.6 Å². The molecule has 0 unspecified atom stereocenters. The van der Waals surface area contributed by atoms with Crippen LogP contribution in [0, 0.1) is 5.82 Å². The summed E-state index contributed by atoms with van der Waals surface area (Å²) in [6.45, 7) is 4.31. The normalized spacial score (nSPS) is 15.8. The molecule has 194 valence electrons. The van der Waals surface area contributed by atoms with E-state index in [1.54, 1.807) is 24.3 Å². The van der Waals surface area contributed by atoms with Gasteiger partial charge in [0.2, 0.25) is 0 Å². The molecule has 1 saturated heterocycles. The number of benzene rings is 2. The number of primary amides is 1. The Labute approximate surface area is 218 Å². The molecule has 2 aromatic carbocycles. The number of amides is 3. The number of nitrogens with zero attached hydrogens (tertiary/aromatic N) is 3. The quantitative estimate of drug-likeness (QED) is 0.414. The van der Waals surface area contributed by atoms with Crippen LogP contribution in [0.15, 0.2) is 48.8 Å². The van der Waals surface area contributed by atoms with Crippen LogP contribution in [0.4, 0.5) is 10.1 Å². The van der Waals surface area contributed by atoms with E-state index in [1.807, 2.05) is 0 Å². The Kier molecular flexibility index (Phi) is 8.20. The molecule has 2 heterocycles. The number of aromatic nitrogens is 2. The third-order valence-corrected chi connectivity index (χ3v) is 6.73. The zero-order valence-corrected chi connectivity index (χ0v) is 21.1. The largest absolute Gasteiger partial charge is 0.364 e. The van der Waals surface area contributed by atoms with E-state index in [0.29, 0.717) is 30.5 Å². The van der Waals surface area contributed by atoms with Gasteiger partial charge in [0, 0.05) is 30.5 Å². The Hall–Kier alpha value is -3.76. The molecule has 1 atom stereocenters. The molecule has 0 spiro atoms. The molecule has 3 aromatic rings. The lowest BCUT2D eigenvalue weighted by molar-refractivity contribution is 0.0916. The van der Waals surface area contributed by atoms with Crippen molar-refractivity contribution in [3.63, 3.8) is 0 Å². The number of hydrogen-bond acceptors (Lipinski definition) is 5. The van der Waals surface area contributed by atoms with Gasteiger partial charge in [0.1, 0.15) is 17.8 Å². The SMILES string of the molecule is C[C@H]1CCCCN1CCNC(=O)c1c(C(N)=O)ncn1-c1ccc(NC(=O)c2ccc(F)cc2Cl)cc1. The molecule has 4 rings (SSSR count). The summed E-state index contributed by atoms with van der Waals surface area (Å²) >= 11 is 5.97. The number of hydrogen-bond donors (Lipinski definition) is 3. The number of nitrogens with one attached hydrogen (secondary N) is 2. The smallest absolute Gasteiger partial charge is 0.270 e. The van der Waals surface area contributed by atoms with E-state index in [1.165, 1.54) is 23.4 Å². The van der Waals surface area contributed by atoms with Crippen LogP contribution in [-0.4, -0.2) is 57.8 Å². The number of halogens is 2. The van der Waals surface area contributed by atoms with Gasteiger partial charge in [-0.2, -0.15) is 0 Å². The highest BCUT2D eigenvalue weighted by Crippen LogP contribution is 2.21. The molecule has 11 heteroatoms. The summed E-state index contributed by atoms with van der Waals surface area (Å²) in [5.41, 5.74) is 6.50. The zero-order chi connectivity index (χ0) is 26.5. The number of carbonyl (C=O) groups excluding carboxylic acids is 3. The van der Waals surface area contributed by atoms with Gasteiger partial charge in [-0.25, -0.2) is 9.37 Å². The molecular weight excluding hydrogens is 499 g/mol. The van der Waals surface area contributed by atoms with Crippen molar-refractivity contribution in [2.45, 2.75) is 32.2 Å². The van der Waals surface area contributed by atoms with Crippen LogP contribution < -0.4 is 16.4 Å². The van der Waals surface area contributed by atoms with Crippen molar-refractivity contribution in [1.29, 1.82) is 0 Å². The van der Waals surface area contributed by atoms with E-state index >= 15 is 0 Å². The summed E-state index contributed by atoms with van der Waals surface area (Å²) in [7, 11) is 0. The minimum absolute atomic E-state index is 0.00286. The van der Waals surface area contributed by atoms with Crippen LogP contribution in [0.2, 0.25) is 5.02 Å². The van der Waals surface area contributed by atoms with Crippen molar-refractivity contribution >= 4 is 35.0 Å². The van der Waals surface area contributed by atoms with Crippen molar-refractivity contribution < 1.29 is 18.8 Å². The van der Waals surface area contributed by atoms with Gasteiger partial charge in [0.15, 0.2) is 5.69 Å². The third-order valence-electron chi connectivity index (χ3n) is 6.42.